The maximum absolute atomic E-state index is 12.2. The fourth-order valence-electron chi connectivity index (χ4n) is 2.73. The Bertz CT molecular complexity index is 269. The molecule has 2 rings (SSSR count). The number of amides is 1. The lowest BCUT2D eigenvalue weighted by Crippen LogP contribution is -2.47. The predicted octanol–water partition coefficient (Wildman–Crippen LogP) is 0.917. The fourth-order valence-corrected chi connectivity index (χ4v) is 2.73. The van der Waals surface area contributed by atoms with Gasteiger partial charge in [0.15, 0.2) is 0 Å². The summed E-state index contributed by atoms with van der Waals surface area (Å²) in [5.41, 5.74) is -0.209. The second kappa shape index (κ2) is 5.36. The van der Waals surface area contributed by atoms with Gasteiger partial charge in [0.1, 0.15) is 0 Å². The van der Waals surface area contributed by atoms with Crippen molar-refractivity contribution in [2.75, 3.05) is 26.3 Å². The van der Waals surface area contributed by atoms with Crippen LogP contribution in [-0.4, -0.2) is 38.3 Å². The van der Waals surface area contributed by atoms with E-state index in [0.29, 0.717) is 5.92 Å². The number of nitrogens with one attached hydrogen (secondary N) is 2. The molecule has 17 heavy (non-hydrogen) atoms. The van der Waals surface area contributed by atoms with Crippen molar-refractivity contribution >= 4 is 5.91 Å². The fraction of sp³-hybridized carbons (Fsp3) is 0.923. The molecule has 0 spiro atoms. The Morgan fingerprint density at radius 1 is 1.47 bits per heavy atom. The summed E-state index contributed by atoms with van der Waals surface area (Å²) in [7, 11) is 0. The Labute approximate surface area is 103 Å². The van der Waals surface area contributed by atoms with Gasteiger partial charge in [0.05, 0.1) is 5.41 Å². The van der Waals surface area contributed by atoms with E-state index in [1.807, 2.05) is 0 Å². The van der Waals surface area contributed by atoms with Gasteiger partial charge in [-0.15, -0.1) is 0 Å². The lowest BCUT2D eigenvalue weighted by Gasteiger charge is -2.31. The SMILES string of the molecule is CC(NC(=O)C1(C)CCNC1)C1CCOCC1. The quantitative estimate of drug-likeness (QED) is 0.771. The van der Waals surface area contributed by atoms with Crippen LogP contribution in [0.2, 0.25) is 0 Å². The van der Waals surface area contributed by atoms with Crippen LogP contribution in [0, 0.1) is 11.3 Å². The van der Waals surface area contributed by atoms with Gasteiger partial charge in [0, 0.05) is 25.8 Å². The molecule has 2 N–H and O–H groups in total. The van der Waals surface area contributed by atoms with Crippen molar-refractivity contribution in [2.45, 2.75) is 39.2 Å². The second-order valence-corrected chi connectivity index (χ2v) is 5.70. The lowest BCUT2D eigenvalue weighted by molar-refractivity contribution is -0.130. The summed E-state index contributed by atoms with van der Waals surface area (Å²) in [5, 5.41) is 6.46. The normalized spacial score (nSPS) is 32.4. The number of carbonyl (C=O) groups is 1. The third kappa shape index (κ3) is 2.99. The van der Waals surface area contributed by atoms with Crippen molar-refractivity contribution in [3.05, 3.63) is 0 Å². The first-order chi connectivity index (χ1) is 8.12. The molecule has 0 aromatic heterocycles. The molecule has 2 aliphatic rings. The van der Waals surface area contributed by atoms with Gasteiger partial charge in [-0.2, -0.15) is 0 Å². The molecule has 4 nitrogen and oxygen atoms in total. The van der Waals surface area contributed by atoms with Gasteiger partial charge in [0.25, 0.3) is 0 Å². The average molecular weight is 240 g/mol. The van der Waals surface area contributed by atoms with Crippen LogP contribution in [0.1, 0.15) is 33.1 Å². The molecule has 4 heteroatoms. The van der Waals surface area contributed by atoms with Crippen LogP contribution < -0.4 is 10.6 Å². The van der Waals surface area contributed by atoms with E-state index in [2.05, 4.69) is 24.5 Å². The number of hydrogen-bond acceptors (Lipinski definition) is 3. The van der Waals surface area contributed by atoms with Crippen LogP contribution >= 0.6 is 0 Å². The molecule has 0 bridgehead atoms. The van der Waals surface area contributed by atoms with E-state index in [1.54, 1.807) is 0 Å². The van der Waals surface area contributed by atoms with Crippen LogP contribution in [0.15, 0.2) is 0 Å². The van der Waals surface area contributed by atoms with Gasteiger partial charge in [-0.1, -0.05) is 0 Å². The third-order valence-electron chi connectivity index (χ3n) is 4.25. The van der Waals surface area contributed by atoms with Crippen molar-refractivity contribution in [3.8, 4) is 0 Å². The van der Waals surface area contributed by atoms with Gasteiger partial charge in [-0.25, -0.2) is 0 Å². The monoisotopic (exact) mass is 240 g/mol. The predicted molar refractivity (Wildman–Crippen MR) is 66.7 cm³/mol. The molecule has 0 aromatic carbocycles. The zero-order valence-corrected chi connectivity index (χ0v) is 10.9. The second-order valence-electron chi connectivity index (χ2n) is 5.70. The molecular formula is C13H24N2O2. The molecule has 0 aliphatic carbocycles. The highest BCUT2D eigenvalue weighted by molar-refractivity contribution is 5.83. The molecule has 0 radical (unpaired) electrons. The highest BCUT2D eigenvalue weighted by atomic mass is 16.5. The van der Waals surface area contributed by atoms with Crippen molar-refractivity contribution in [3.63, 3.8) is 0 Å². The Morgan fingerprint density at radius 3 is 2.76 bits per heavy atom. The van der Waals surface area contributed by atoms with Crippen LogP contribution in [0.3, 0.4) is 0 Å². The van der Waals surface area contributed by atoms with Crippen LogP contribution in [0.4, 0.5) is 0 Å². The van der Waals surface area contributed by atoms with Crippen molar-refractivity contribution < 1.29 is 9.53 Å². The van der Waals surface area contributed by atoms with E-state index in [4.69, 9.17) is 4.74 Å². The number of ether oxygens (including phenoxy) is 1. The van der Waals surface area contributed by atoms with E-state index in [0.717, 1.165) is 45.6 Å². The van der Waals surface area contributed by atoms with Crippen LogP contribution in [-0.2, 0) is 9.53 Å². The summed E-state index contributed by atoms with van der Waals surface area (Å²) < 4.78 is 5.35. The van der Waals surface area contributed by atoms with E-state index >= 15 is 0 Å². The van der Waals surface area contributed by atoms with Gasteiger partial charge < -0.3 is 15.4 Å². The number of rotatable bonds is 3. The zero-order chi connectivity index (χ0) is 12.3. The minimum atomic E-state index is -0.209. The molecule has 2 fully saturated rings. The molecule has 2 atom stereocenters. The molecule has 2 heterocycles. The van der Waals surface area contributed by atoms with Crippen LogP contribution in [0.25, 0.3) is 0 Å². The van der Waals surface area contributed by atoms with E-state index in [1.165, 1.54) is 0 Å². The number of carbonyl (C=O) groups excluding carboxylic acids is 1. The van der Waals surface area contributed by atoms with Gasteiger partial charge in [0.2, 0.25) is 5.91 Å². The maximum atomic E-state index is 12.2. The summed E-state index contributed by atoms with van der Waals surface area (Å²) in [6, 6.07) is 0.267. The average Bonchev–Trinajstić information content (AvgIpc) is 2.78. The molecule has 2 saturated heterocycles. The van der Waals surface area contributed by atoms with Gasteiger partial charge >= 0.3 is 0 Å². The first-order valence-corrected chi connectivity index (χ1v) is 6.71. The van der Waals surface area contributed by atoms with Crippen molar-refractivity contribution in [1.82, 2.24) is 10.6 Å². The van der Waals surface area contributed by atoms with Gasteiger partial charge in [-0.3, -0.25) is 4.79 Å². The Kier molecular flexibility index (Phi) is 4.05. The summed E-state index contributed by atoms with van der Waals surface area (Å²) >= 11 is 0. The standard InChI is InChI=1S/C13H24N2O2/c1-10(11-3-7-17-8-4-11)15-12(16)13(2)5-6-14-9-13/h10-11,14H,3-9H2,1-2H3,(H,15,16). The summed E-state index contributed by atoms with van der Waals surface area (Å²) in [6.45, 7) is 7.61. The minimum absolute atomic E-state index is 0.209. The molecule has 2 unspecified atom stereocenters. The third-order valence-corrected chi connectivity index (χ3v) is 4.25. The van der Waals surface area contributed by atoms with E-state index < -0.39 is 0 Å². The zero-order valence-electron chi connectivity index (χ0n) is 10.9. The van der Waals surface area contributed by atoms with E-state index in [-0.39, 0.29) is 17.4 Å². The molecule has 98 valence electrons. The van der Waals surface area contributed by atoms with E-state index in [9.17, 15) is 4.79 Å². The molecule has 2 aliphatic heterocycles. The Morgan fingerprint density at radius 2 is 2.18 bits per heavy atom. The first-order valence-electron chi connectivity index (χ1n) is 6.71. The highest BCUT2D eigenvalue weighted by Crippen LogP contribution is 2.26. The lowest BCUT2D eigenvalue weighted by atomic mass is 9.87. The topological polar surface area (TPSA) is 50.4 Å². The summed E-state index contributed by atoms with van der Waals surface area (Å²) in [4.78, 5) is 12.2. The van der Waals surface area contributed by atoms with Gasteiger partial charge in [-0.05, 0) is 45.6 Å². The summed E-state index contributed by atoms with van der Waals surface area (Å²) in [5.74, 6) is 0.784. The summed E-state index contributed by atoms with van der Waals surface area (Å²) in [6.07, 6.45) is 3.08. The highest BCUT2D eigenvalue weighted by Gasteiger charge is 2.37. The first kappa shape index (κ1) is 12.8. The van der Waals surface area contributed by atoms with Crippen LogP contribution in [0.5, 0.6) is 0 Å². The largest absolute Gasteiger partial charge is 0.381 e. The van der Waals surface area contributed by atoms with Crippen molar-refractivity contribution in [2.24, 2.45) is 11.3 Å². The molecular weight excluding hydrogens is 216 g/mol. The maximum Gasteiger partial charge on any atom is 0.227 e. The molecule has 0 aromatic rings. The van der Waals surface area contributed by atoms with Crippen molar-refractivity contribution in [1.29, 1.82) is 0 Å². The molecule has 1 amide bonds. The molecule has 0 saturated carbocycles. The smallest absolute Gasteiger partial charge is 0.227 e. The number of hydrogen-bond donors (Lipinski definition) is 2. The minimum Gasteiger partial charge on any atom is -0.381 e. The Hall–Kier alpha value is -0.610. The Balaban J connectivity index is 1.84.